The third kappa shape index (κ3) is 3.14. The molecule has 0 fully saturated rings. The van der Waals surface area contributed by atoms with Crippen LogP contribution < -0.4 is 11.1 Å². The van der Waals surface area contributed by atoms with Crippen molar-refractivity contribution in [2.75, 3.05) is 0 Å². The molecule has 2 N–H and O–H groups in total. The minimum atomic E-state index is -0.230. The van der Waals surface area contributed by atoms with Crippen molar-refractivity contribution in [2.24, 2.45) is 0 Å². The van der Waals surface area contributed by atoms with Gasteiger partial charge in [-0.3, -0.25) is 14.4 Å². The van der Waals surface area contributed by atoms with E-state index in [1.807, 2.05) is 28.8 Å². The standard InChI is InChI=1S/C28H23N3O3/c1-16(32)27-26(21-9-5-11-29-28(21)34)22-12-17-6-4-7-18(17)13-24(22)31(27)15-19-14-25(33)30-23-10-3-2-8-20(19)23/h2-3,5,8-14H,4,6-7,15H2,1H3,(H,29,34)(H,30,33). The summed E-state index contributed by atoms with van der Waals surface area (Å²) in [5.74, 6) is -0.122. The summed E-state index contributed by atoms with van der Waals surface area (Å²) in [6.45, 7) is 1.88. The SMILES string of the molecule is CC(=O)c1c(-c2ccc[nH]c2=O)c2cc3c(cc2n1Cc1cc(=O)[nH]c2ccccc12)CCC3. The first kappa shape index (κ1) is 20.4. The molecule has 6 heteroatoms. The number of nitrogens with zero attached hydrogens (tertiary/aromatic N) is 1. The number of carbonyl (C=O) groups is 1. The van der Waals surface area contributed by atoms with Crippen LogP contribution in [0.1, 0.15) is 40.5 Å². The maximum absolute atomic E-state index is 13.1. The van der Waals surface area contributed by atoms with Gasteiger partial charge in [0, 0.05) is 58.7 Å². The molecule has 168 valence electrons. The quantitative estimate of drug-likeness (QED) is 0.394. The highest BCUT2D eigenvalue weighted by Crippen LogP contribution is 2.38. The number of aryl methyl sites for hydroxylation is 2. The van der Waals surface area contributed by atoms with Gasteiger partial charge in [0.1, 0.15) is 0 Å². The average molecular weight is 450 g/mol. The normalized spacial score (nSPS) is 13.0. The highest BCUT2D eigenvalue weighted by molar-refractivity contribution is 6.10. The molecule has 1 aliphatic carbocycles. The van der Waals surface area contributed by atoms with Crippen molar-refractivity contribution in [1.29, 1.82) is 0 Å². The second kappa shape index (κ2) is 7.70. The Bertz CT molecular complexity index is 1740. The van der Waals surface area contributed by atoms with Gasteiger partial charge in [-0.25, -0.2) is 0 Å². The number of ketones is 1. The molecular formula is C28H23N3O3. The Labute approximate surface area is 194 Å². The molecule has 6 nitrogen and oxygen atoms in total. The Morgan fingerprint density at radius 1 is 0.971 bits per heavy atom. The molecule has 34 heavy (non-hydrogen) atoms. The van der Waals surface area contributed by atoms with Crippen molar-refractivity contribution in [1.82, 2.24) is 14.5 Å². The van der Waals surface area contributed by atoms with Gasteiger partial charge in [-0.15, -0.1) is 0 Å². The summed E-state index contributed by atoms with van der Waals surface area (Å²) in [6, 6.07) is 17.1. The monoisotopic (exact) mass is 449 g/mol. The van der Waals surface area contributed by atoms with E-state index in [0.29, 0.717) is 23.4 Å². The Hall–Kier alpha value is -4.19. The number of fused-ring (bicyclic) bond motifs is 3. The molecule has 5 aromatic rings. The molecular weight excluding hydrogens is 426 g/mol. The molecule has 0 saturated carbocycles. The van der Waals surface area contributed by atoms with E-state index < -0.39 is 0 Å². The maximum atomic E-state index is 13.1. The number of hydrogen-bond donors (Lipinski definition) is 2. The van der Waals surface area contributed by atoms with Crippen molar-refractivity contribution in [2.45, 2.75) is 32.7 Å². The second-order valence-corrected chi connectivity index (χ2v) is 8.97. The first-order chi connectivity index (χ1) is 16.5. The molecule has 1 aliphatic rings. The lowest BCUT2D eigenvalue weighted by atomic mass is 9.99. The highest BCUT2D eigenvalue weighted by atomic mass is 16.1. The van der Waals surface area contributed by atoms with Crippen LogP contribution in [0.25, 0.3) is 32.9 Å². The van der Waals surface area contributed by atoms with Gasteiger partial charge in [0.25, 0.3) is 5.56 Å². The minimum absolute atomic E-state index is 0.122. The van der Waals surface area contributed by atoms with Crippen LogP contribution in [-0.4, -0.2) is 20.3 Å². The van der Waals surface area contributed by atoms with Crippen LogP contribution in [0.5, 0.6) is 0 Å². The number of H-pyrrole nitrogens is 2. The Kier molecular flexibility index (Phi) is 4.62. The summed E-state index contributed by atoms with van der Waals surface area (Å²) in [6.07, 6.45) is 4.69. The van der Waals surface area contributed by atoms with Crippen molar-refractivity contribution in [3.8, 4) is 11.1 Å². The zero-order valence-corrected chi connectivity index (χ0v) is 18.8. The molecule has 0 bridgehead atoms. The van der Waals surface area contributed by atoms with E-state index in [4.69, 9.17) is 0 Å². The van der Waals surface area contributed by atoms with E-state index >= 15 is 0 Å². The molecule has 0 unspecified atom stereocenters. The van der Waals surface area contributed by atoms with Crippen LogP contribution in [0.15, 0.2) is 70.4 Å². The lowest BCUT2D eigenvalue weighted by Crippen LogP contribution is -2.14. The fraction of sp³-hybridized carbons (Fsp3) is 0.179. The highest BCUT2D eigenvalue weighted by Gasteiger charge is 2.26. The summed E-state index contributed by atoms with van der Waals surface area (Å²) in [4.78, 5) is 44.0. The van der Waals surface area contributed by atoms with Crippen LogP contribution >= 0.6 is 0 Å². The van der Waals surface area contributed by atoms with Crippen LogP contribution in [0.3, 0.4) is 0 Å². The lowest BCUT2D eigenvalue weighted by Gasteiger charge is -2.13. The number of Topliss-reactive ketones (excluding diaryl/α,β-unsaturated/α-hetero) is 1. The third-order valence-corrected chi connectivity index (χ3v) is 6.86. The molecule has 2 aromatic carbocycles. The van der Waals surface area contributed by atoms with Gasteiger partial charge in [-0.1, -0.05) is 18.2 Å². The van der Waals surface area contributed by atoms with Crippen molar-refractivity contribution < 1.29 is 4.79 Å². The summed E-state index contributed by atoms with van der Waals surface area (Å²) in [7, 11) is 0. The van der Waals surface area contributed by atoms with Gasteiger partial charge in [-0.2, -0.15) is 0 Å². The van der Waals surface area contributed by atoms with Gasteiger partial charge < -0.3 is 14.5 Å². The summed E-state index contributed by atoms with van der Waals surface area (Å²) in [5.41, 5.74) is 6.26. The predicted octanol–water partition coefficient (Wildman–Crippen LogP) is 4.58. The lowest BCUT2D eigenvalue weighted by molar-refractivity contribution is 0.101. The molecule has 0 atom stereocenters. The van der Waals surface area contributed by atoms with Crippen LogP contribution in [-0.2, 0) is 19.4 Å². The van der Waals surface area contributed by atoms with E-state index in [0.717, 1.165) is 46.6 Å². The Morgan fingerprint density at radius 3 is 2.56 bits per heavy atom. The first-order valence-electron chi connectivity index (χ1n) is 11.5. The fourth-order valence-electron chi connectivity index (χ4n) is 5.42. The predicted molar refractivity (Wildman–Crippen MR) is 134 cm³/mol. The topological polar surface area (TPSA) is 87.7 Å². The number of pyridine rings is 2. The zero-order chi connectivity index (χ0) is 23.4. The van der Waals surface area contributed by atoms with Crippen molar-refractivity contribution >= 4 is 27.6 Å². The largest absolute Gasteiger partial charge is 0.333 e. The number of para-hydroxylation sites is 1. The van der Waals surface area contributed by atoms with Crippen molar-refractivity contribution in [3.63, 3.8) is 0 Å². The minimum Gasteiger partial charge on any atom is -0.333 e. The van der Waals surface area contributed by atoms with Gasteiger partial charge in [0.05, 0.1) is 5.69 Å². The number of rotatable bonds is 4. The summed E-state index contributed by atoms with van der Waals surface area (Å²) >= 11 is 0. The van der Waals surface area contributed by atoms with E-state index in [1.165, 1.54) is 18.1 Å². The van der Waals surface area contributed by atoms with E-state index in [2.05, 4.69) is 22.1 Å². The smallest absolute Gasteiger partial charge is 0.255 e. The Morgan fingerprint density at radius 2 is 1.76 bits per heavy atom. The van der Waals surface area contributed by atoms with Gasteiger partial charge in [0.15, 0.2) is 5.78 Å². The van der Waals surface area contributed by atoms with Gasteiger partial charge in [-0.05, 0) is 66.3 Å². The number of benzene rings is 2. The molecule has 0 saturated heterocycles. The van der Waals surface area contributed by atoms with E-state index in [9.17, 15) is 14.4 Å². The molecule has 0 radical (unpaired) electrons. The summed E-state index contributed by atoms with van der Waals surface area (Å²) < 4.78 is 1.99. The molecule has 0 spiro atoms. The maximum Gasteiger partial charge on any atom is 0.255 e. The molecule has 0 amide bonds. The van der Waals surface area contributed by atoms with Gasteiger partial charge >= 0.3 is 0 Å². The second-order valence-electron chi connectivity index (χ2n) is 8.97. The first-order valence-corrected chi connectivity index (χ1v) is 11.5. The molecule has 0 aliphatic heterocycles. The van der Waals surface area contributed by atoms with Crippen molar-refractivity contribution in [3.05, 3.63) is 104 Å². The Balaban J connectivity index is 1.71. The van der Waals surface area contributed by atoms with Gasteiger partial charge in [0.2, 0.25) is 5.56 Å². The van der Waals surface area contributed by atoms with Crippen LogP contribution in [0.4, 0.5) is 0 Å². The van der Waals surface area contributed by atoms with E-state index in [-0.39, 0.29) is 16.9 Å². The van der Waals surface area contributed by atoms with E-state index in [1.54, 1.807) is 24.4 Å². The molecule has 6 rings (SSSR count). The zero-order valence-electron chi connectivity index (χ0n) is 18.8. The number of aromatic amines is 2. The number of nitrogens with one attached hydrogen (secondary N) is 2. The summed E-state index contributed by atoms with van der Waals surface area (Å²) in [5, 5.41) is 1.83. The number of hydrogen-bond acceptors (Lipinski definition) is 3. The molecule has 3 aromatic heterocycles. The fourth-order valence-corrected chi connectivity index (χ4v) is 5.42. The number of carbonyl (C=O) groups excluding carboxylic acids is 1. The van der Waals surface area contributed by atoms with Crippen LogP contribution in [0, 0.1) is 0 Å². The van der Waals surface area contributed by atoms with Crippen LogP contribution in [0.2, 0.25) is 0 Å². The average Bonchev–Trinajstić information content (AvgIpc) is 3.40. The third-order valence-electron chi connectivity index (χ3n) is 6.86. The number of aromatic nitrogens is 3. The molecule has 3 heterocycles.